The number of hydrogen-bond acceptors (Lipinski definition) is 3. The Labute approximate surface area is 183 Å². The average molecular weight is 451 g/mol. The highest BCUT2D eigenvalue weighted by Crippen LogP contribution is 2.33. The molecule has 0 amide bonds. The van der Waals surface area contributed by atoms with Crippen molar-refractivity contribution in [3.63, 3.8) is 0 Å². The minimum atomic E-state index is -0.166. The quantitative estimate of drug-likeness (QED) is 0.465. The zero-order valence-electron chi connectivity index (χ0n) is 15.7. The summed E-state index contributed by atoms with van der Waals surface area (Å²) in [6, 6.07) is 12.3. The molecule has 4 aromatic rings. The van der Waals surface area contributed by atoms with Gasteiger partial charge in [-0.2, -0.15) is 0 Å². The van der Waals surface area contributed by atoms with Crippen LogP contribution in [0.3, 0.4) is 0 Å². The molecule has 0 fully saturated rings. The van der Waals surface area contributed by atoms with Gasteiger partial charge in [0.25, 0.3) is 5.56 Å². The number of carbonyl (C=O) groups excluding carboxylic acids is 1. The van der Waals surface area contributed by atoms with Gasteiger partial charge >= 0.3 is 0 Å². The summed E-state index contributed by atoms with van der Waals surface area (Å²) in [6.45, 7) is -0.0552. The van der Waals surface area contributed by atoms with Crippen molar-refractivity contribution in [3.05, 3.63) is 68.4 Å². The van der Waals surface area contributed by atoms with Gasteiger partial charge in [-0.15, -0.1) is 12.4 Å². The maximum Gasteiger partial charge on any atom is 0.259 e. The Bertz CT molecular complexity index is 1340. The molecule has 0 aliphatic heterocycles. The van der Waals surface area contributed by atoms with Crippen molar-refractivity contribution in [1.82, 2.24) is 9.13 Å². The lowest BCUT2D eigenvalue weighted by Gasteiger charge is -2.09. The Balaban J connectivity index is 0.00000240. The number of nitrogens with zero attached hydrogens (tertiary/aromatic N) is 2. The van der Waals surface area contributed by atoms with Crippen LogP contribution in [0.5, 0.6) is 0 Å². The van der Waals surface area contributed by atoms with E-state index in [-0.39, 0.29) is 30.3 Å². The Morgan fingerprint density at radius 2 is 1.69 bits per heavy atom. The number of rotatable bonds is 3. The average Bonchev–Trinajstić information content (AvgIpc) is 2.96. The number of pyridine rings is 1. The molecule has 0 radical (unpaired) electrons. The summed E-state index contributed by atoms with van der Waals surface area (Å²) in [4.78, 5) is 25.1. The van der Waals surface area contributed by atoms with Crippen LogP contribution in [0.1, 0.15) is 10.4 Å². The second-order valence-corrected chi connectivity index (χ2v) is 7.55. The Morgan fingerprint density at radius 1 is 0.966 bits per heavy atom. The molecule has 0 spiro atoms. The first-order valence-corrected chi connectivity index (χ1v) is 9.40. The second-order valence-electron chi connectivity index (χ2n) is 6.70. The van der Waals surface area contributed by atoms with Crippen LogP contribution in [-0.4, -0.2) is 21.5 Å². The lowest BCUT2D eigenvalue weighted by molar-refractivity contribution is 0.100. The maximum atomic E-state index is 13.1. The molecule has 0 unspecified atom stereocenters. The van der Waals surface area contributed by atoms with Crippen molar-refractivity contribution in [1.29, 1.82) is 0 Å². The summed E-state index contributed by atoms with van der Waals surface area (Å²) < 4.78 is 3.54. The Morgan fingerprint density at radius 3 is 2.34 bits per heavy atom. The molecule has 150 valence electrons. The molecule has 0 bridgehead atoms. The van der Waals surface area contributed by atoms with E-state index in [1.807, 2.05) is 29.8 Å². The van der Waals surface area contributed by atoms with Crippen LogP contribution in [0.4, 0.5) is 0 Å². The number of aromatic nitrogens is 2. The molecule has 2 aromatic heterocycles. The molecule has 8 heteroatoms. The van der Waals surface area contributed by atoms with Crippen molar-refractivity contribution in [2.24, 2.45) is 19.8 Å². The van der Waals surface area contributed by atoms with Crippen molar-refractivity contribution in [3.8, 4) is 11.1 Å². The summed E-state index contributed by atoms with van der Waals surface area (Å²) >= 11 is 12.4. The maximum absolute atomic E-state index is 13.1. The van der Waals surface area contributed by atoms with Gasteiger partial charge in [-0.05, 0) is 36.4 Å². The summed E-state index contributed by atoms with van der Waals surface area (Å²) in [5, 5.41) is 2.64. The van der Waals surface area contributed by atoms with Crippen molar-refractivity contribution >= 4 is 63.3 Å². The summed E-state index contributed by atoms with van der Waals surface area (Å²) in [6.07, 6.45) is 0. The smallest absolute Gasteiger partial charge is 0.259 e. The fourth-order valence-electron chi connectivity index (χ4n) is 3.68. The highest BCUT2D eigenvalue weighted by Gasteiger charge is 2.18. The van der Waals surface area contributed by atoms with Gasteiger partial charge in [-0.25, -0.2) is 0 Å². The topological polar surface area (TPSA) is 70.0 Å². The largest absolute Gasteiger partial charge is 0.330 e. The van der Waals surface area contributed by atoms with Crippen LogP contribution < -0.4 is 11.3 Å². The molecule has 4 rings (SSSR count). The first-order chi connectivity index (χ1) is 13.3. The number of Topliss-reactive ketones (excluding diaryl/α,β-unsaturated/α-hetero) is 1. The number of nitrogens with two attached hydrogens (primary N) is 1. The van der Waals surface area contributed by atoms with Gasteiger partial charge < -0.3 is 10.3 Å². The third-order valence-corrected chi connectivity index (χ3v) is 5.62. The minimum absolute atomic E-state index is 0. The Hall–Kier alpha value is -2.31. The van der Waals surface area contributed by atoms with E-state index in [0.717, 1.165) is 21.9 Å². The number of fused-ring (bicyclic) bond motifs is 3. The SMILES string of the molecule is Cl.Cn1c(=O)c(-c2ccc(Cl)cc2Cl)cc2c3cc(C(=O)CN)ccc3n(C)c21. The van der Waals surface area contributed by atoms with Crippen molar-refractivity contribution < 1.29 is 4.79 Å². The molecular weight excluding hydrogens is 433 g/mol. The number of halogens is 3. The fourth-order valence-corrected chi connectivity index (χ4v) is 4.19. The van der Waals surface area contributed by atoms with E-state index in [9.17, 15) is 9.59 Å². The summed E-state index contributed by atoms with van der Waals surface area (Å²) in [5.74, 6) is -0.135. The number of hydrogen-bond donors (Lipinski definition) is 1. The molecule has 0 saturated carbocycles. The van der Waals surface area contributed by atoms with Crippen LogP contribution in [0.15, 0.2) is 47.3 Å². The van der Waals surface area contributed by atoms with E-state index in [1.54, 1.807) is 35.9 Å². The van der Waals surface area contributed by atoms with Crippen LogP contribution in [0.25, 0.3) is 33.1 Å². The van der Waals surface area contributed by atoms with E-state index in [2.05, 4.69) is 0 Å². The van der Waals surface area contributed by atoms with E-state index in [4.69, 9.17) is 28.9 Å². The molecule has 5 nitrogen and oxygen atoms in total. The van der Waals surface area contributed by atoms with Gasteiger partial charge in [0, 0.05) is 46.6 Å². The standard InChI is InChI=1S/C21H17Cl2N3O2.ClH/c1-25-18-6-3-11(19(27)10-24)7-14(18)15-9-16(21(28)26(2)20(15)25)13-5-4-12(22)8-17(13)23;/h3-9H,10,24H2,1-2H3;1H. The van der Waals surface area contributed by atoms with E-state index in [0.29, 0.717) is 26.7 Å². The predicted molar refractivity (Wildman–Crippen MR) is 122 cm³/mol. The molecule has 2 aromatic carbocycles. The van der Waals surface area contributed by atoms with Gasteiger partial charge in [0.2, 0.25) is 0 Å². The molecular formula is C21H18Cl3N3O2. The molecule has 0 saturated heterocycles. The molecule has 29 heavy (non-hydrogen) atoms. The van der Waals surface area contributed by atoms with Gasteiger partial charge in [0.05, 0.1) is 17.1 Å². The van der Waals surface area contributed by atoms with E-state index in [1.165, 1.54) is 0 Å². The van der Waals surface area contributed by atoms with Crippen molar-refractivity contribution in [2.45, 2.75) is 0 Å². The first-order valence-electron chi connectivity index (χ1n) is 8.64. The monoisotopic (exact) mass is 449 g/mol. The number of benzene rings is 2. The minimum Gasteiger partial charge on any atom is -0.330 e. The number of aryl methyl sites for hydroxylation is 2. The van der Waals surface area contributed by atoms with Gasteiger partial charge in [-0.3, -0.25) is 14.2 Å². The van der Waals surface area contributed by atoms with Crippen LogP contribution >= 0.6 is 35.6 Å². The van der Waals surface area contributed by atoms with Crippen molar-refractivity contribution in [2.75, 3.05) is 6.54 Å². The Kier molecular flexibility index (Phi) is 5.79. The van der Waals surface area contributed by atoms with Crippen LogP contribution in [0.2, 0.25) is 10.0 Å². The summed E-state index contributed by atoms with van der Waals surface area (Å²) in [5.41, 5.74) is 8.64. The normalized spacial score (nSPS) is 11.1. The third kappa shape index (κ3) is 3.34. The highest BCUT2D eigenvalue weighted by molar-refractivity contribution is 6.36. The number of carbonyl (C=O) groups is 1. The lowest BCUT2D eigenvalue weighted by Crippen LogP contribution is -2.20. The second kappa shape index (κ2) is 7.84. The van der Waals surface area contributed by atoms with E-state index < -0.39 is 0 Å². The summed E-state index contributed by atoms with van der Waals surface area (Å²) in [7, 11) is 3.62. The molecule has 0 atom stereocenters. The zero-order valence-corrected chi connectivity index (χ0v) is 18.0. The van der Waals surface area contributed by atoms with Crippen LogP contribution in [-0.2, 0) is 14.1 Å². The third-order valence-electron chi connectivity index (χ3n) is 5.08. The first kappa shape index (κ1) is 21.4. The van der Waals surface area contributed by atoms with Gasteiger partial charge in [0.15, 0.2) is 5.78 Å². The number of ketones is 1. The molecule has 0 aliphatic rings. The molecule has 0 aliphatic carbocycles. The fraction of sp³-hybridized carbons (Fsp3) is 0.143. The lowest BCUT2D eigenvalue weighted by atomic mass is 10.0. The van der Waals surface area contributed by atoms with Crippen LogP contribution in [0, 0.1) is 0 Å². The predicted octanol–water partition coefficient (Wildman–Crippen LogP) is 4.57. The highest BCUT2D eigenvalue weighted by atomic mass is 35.5. The zero-order chi connectivity index (χ0) is 20.2. The van der Waals surface area contributed by atoms with E-state index >= 15 is 0 Å². The van der Waals surface area contributed by atoms with Gasteiger partial charge in [-0.1, -0.05) is 29.3 Å². The molecule has 2 N–H and O–H groups in total. The van der Waals surface area contributed by atoms with Gasteiger partial charge in [0.1, 0.15) is 5.65 Å². The molecule has 2 heterocycles.